The van der Waals surface area contributed by atoms with E-state index in [4.69, 9.17) is 9.47 Å². The van der Waals surface area contributed by atoms with E-state index < -0.39 is 17.6 Å². The zero-order valence-electron chi connectivity index (χ0n) is 13.1. The monoisotopic (exact) mass is 332 g/mol. The average molecular weight is 332 g/mol. The summed E-state index contributed by atoms with van der Waals surface area (Å²) < 4.78 is 24.2. The van der Waals surface area contributed by atoms with Crippen LogP contribution >= 0.6 is 0 Å². The Morgan fingerprint density at radius 3 is 3.00 bits per heavy atom. The number of methoxy groups -OCH3 is 1. The maximum absolute atomic E-state index is 13.4. The number of hydrogen-bond acceptors (Lipinski definition) is 4. The number of nitrogens with one attached hydrogen (secondary N) is 1. The first kappa shape index (κ1) is 16.2. The van der Waals surface area contributed by atoms with Gasteiger partial charge in [0.25, 0.3) is 11.5 Å². The Balaban J connectivity index is 1.85. The minimum atomic E-state index is -0.506. The summed E-state index contributed by atoms with van der Waals surface area (Å²) in [5, 5.41) is 0. The Hall–Kier alpha value is -2.67. The van der Waals surface area contributed by atoms with Crippen LogP contribution in [0.4, 0.5) is 4.39 Å². The third-order valence-corrected chi connectivity index (χ3v) is 3.93. The molecule has 2 heterocycles. The normalized spacial score (nSPS) is 17.6. The second kappa shape index (κ2) is 6.84. The number of carbonyl (C=O) groups excluding carboxylic acids is 1. The van der Waals surface area contributed by atoms with Crippen molar-refractivity contribution in [2.45, 2.75) is 6.10 Å². The first-order valence-corrected chi connectivity index (χ1v) is 7.52. The zero-order chi connectivity index (χ0) is 17.1. The number of rotatable bonds is 3. The number of pyridine rings is 1. The van der Waals surface area contributed by atoms with Crippen LogP contribution in [0.2, 0.25) is 0 Å². The highest BCUT2D eigenvalue weighted by atomic mass is 19.1. The maximum atomic E-state index is 13.4. The molecular weight excluding hydrogens is 315 g/mol. The Morgan fingerprint density at radius 2 is 2.25 bits per heavy atom. The van der Waals surface area contributed by atoms with Gasteiger partial charge in [0.1, 0.15) is 23.2 Å². The lowest BCUT2D eigenvalue weighted by molar-refractivity contribution is -0.0230. The average Bonchev–Trinajstić information content (AvgIpc) is 2.61. The summed E-state index contributed by atoms with van der Waals surface area (Å²) in [7, 11) is 1.40. The third-order valence-electron chi connectivity index (χ3n) is 3.93. The molecule has 0 spiro atoms. The molecule has 1 unspecified atom stereocenters. The number of ether oxygens (including phenoxy) is 2. The number of carbonyl (C=O) groups is 1. The first-order chi connectivity index (χ1) is 11.6. The fourth-order valence-electron chi connectivity index (χ4n) is 2.73. The molecule has 7 heteroatoms. The van der Waals surface area contributed by atoms with E-state index in [0.29, 0.717) is 18.7 Å². The van der Waals surface area contributed by atoms with Gasteiger partial charge < -0.3 is 19.4 Å². The second-order valence-corrected chi connectivity index (χ2v) is 5.42. The van der Waals surface area contributed by atoms with E-state index in [2.05, 4.69) is 4.98 Å². The topological polar surface area (TPSA) is 71.6 Å². The number of hydrogen-bond donors (Lipinski definition) is 1. The minimum Gasteiger partial charge on any atom is -0.496 e. The van der Waals surface area contributed by atoms with Gasteiger partial charge in [-0.25, -0.2) is 4.39 Å². The molecule has 0 aliphatic carbocycles. The molecular formula is C17H17FN2O4. The van der Waals surface area contributed by atoms with Crippen molar-refractivity contribution in [3.63, 3.8) is 0 Å². The van der Waals surface area contributed by atoms with E-state index in [1.807, 2.05) is 0 Å². The Kier molecular flexibility index (Phi) is 4.61. The van der Waals surface area contributed by atoms with Crippen molar-refractivity contribution in [2.75, 3.05) is 26.8 Å². The van der Waals surface area contributed by atoms with E-state index >= 15 is 0 Å². The molecule has 1 fully saturated rings. The third kappa shape index (κ3) is 3.16. The van der Waals surface area contributed by atoms with Gasteiger partial charge in [0, 0.05) is 12.7 Å². The maximum Gasteiger partial charge on any atom is 0.264 e. The SMILES string of the molecule is COc1cc[nH]c(=O)c1C(=O)N1CCOC(c2cccc(F)c2)C1. The van der Waals surface area contributed by atoms with Gasteiger partial charge in [-0.2, -0.15) is 0 Å². The summed E-state index contributed by atoms with van der Waals surface area (Å²) in [6.07, 6.45) is 0.986. The van der Waals surface area contributed by atoms with Crippen LogP contribution in [0.1, 0.15) is 22.0 Å². The molecule has 1 aliphatic heterocycles. The molecule has 1 N–H and O–H groups in total. The van der Waals surface area contributed by atoms with E-state index in [0.717, 1.165) is 0 Å². The Bertz CT molecular complexity index is 805. The molecule has 0 bridgehead atoms. The number of aromatic amines is 1. The minimum absolute atomic E-state index is 0.0418. The summed E-state index contributed by atoms with van der Waals surface area (Å²) in [4.78, 5) is 28.8. The Labute approximate surface area is 137 Å². The predicted octanol–water partition coefficient (Wildman–Crippen LogP) is 1.74. The standard InChI is InChI=1S/C17H17FN2O4/c1-23-13-5-6-19-16(21)15(13)17(22)20-7-8-24-14(10-20)11-3-2-4-12(18)9-11/h2-6,9,14H,7-8,10H2,1H3,(H,19,21). The van der Waals surface area contributed by atoms with E-state index in [-0.39, 0.29) is 23.7 Å². The lowest BCUT2D eigenvalue weighted by Gasteiger charge is -2.33. The largest absolute Gasteiger partial charge is 0.496 e. The van der Waals surface area contributed by atoms with Gasteiger partial charge in [-0.1, -0.05) is 12.1 Å². The molecule has 1 saturated heterocycles. The van der Waals surface area contributed by atoms with E-state index in [1.165, 1.54) is 36.4 Å². The van der Waals surface area contributed by atoms with Crippen LogP contribution in [0.3, 0.4) is 0 Å². The fourth-order valence-corrected chi connectivity index (χ4v) is 2.73. The molecule has 0 radical (unpaired) electrons. The van der Waals surface area contributed by atoms with E-state index in [1.54, 1.807) is 12.1 Å². The summed E-state index contributed by atoms with van der Waals surface area (Å²) in [6.45, 7) is 0.891. The fraction of sp³-hybridized carbons (Fsp3) is 0.294. The van der Waals surface area contributed by atoms with Crippen molar-refractivity contribution in [1.82, 2.24) is 9.88 Å². The Morgan fingerprint density at radius 1 is 1.42 bits per heavy atom. The van der Waals surface area contributed by atoms with Gasteiger partial charge in [-0.05, 0) is 23.8 Å². The van der Waals surface area contributed by atoms with Gasteiger partial charge in [-0.15, -0.1) is 0 Å². The zero-order valence-corrected chi connectivity index (χ0v) is 13.1. The molecule has 6 nitrogen and oxygen atoms in total. The molecule has 1 amide bonds. The highest BCUT2D eigenvalue weighted by molar-refractivity contribution is 5.96. The number of nitrogens with zero attached hydrogens (tertiary/aromatic N) is 1. The summed E-state index contributed by atoms with van der Waals surface area (Å²) >= 11 is 0. The summed E-state index contributed by atoms with van der Waals surface area (Å²) in [6, 6.07) is 7.61. The van der Waals surface area contributed by atoms with E-state index in [9.17, 15) is 14.0 Å². The highest BCUT2D eigenvalue weighted by Gasteiger charge is 2.29. The number of aromatic nitrogens is 1. The number of benzene rings is 1. The van der Waals surface area contributed by atoms with Crippen molar-refractivity contribution >= 4 is 5.91 Å². The smallest absolute Gasteiger partial charge is 0.264 e. The van der Waals surface area contributed by atoms with Gasteiger partial charge in [0.15, 0.2) is 0 Å². The van der Waals surface area contributed by atoms with Crippen molar-refractivity contribution in [2.24, 2.45) is 0 Å². The molecule has 0 saturated carbocycles. The second-order valence-electron chi connectivity index (χ2n) is 5.42. The van der Waals surface area contributed by atoms with Crippen LogP contribution in [-0.2, 0) is 4.74 Å². The molecule has 1 aromatic carbocycles. The molecule has 3 rings (SSSR count). The highest BCUT2D eigenvalue weighted by Crippen LogP contribution is 2.24. The van der Waals surface area contributed by atoms with Gasteiger partial charge in [0.2, 0.25) is 0 Å². The molecule has 1 aliphatic rings. The quantitative estimate of drug-likeness (QED) is 0.929. The van der Waals surface area contributed by atoms with Crippen LogP contribution in [0.15, 0.2) is 41.3 Å². The lowest BCUT2D eigenvalue weighted by atomic mass is 10.1. The van der Waals surface area contributed by atoms with Gasteiger partial charge in [0.05, 0.1) is 20.3 Å². The molecule has 24 heavy (non-hydrogen) atoms. The number of morpholine rings is 1. The molecule has 1 atom stereocenters. The molecule has 126 valence electrons. The van der Waals surface area contributed by atoms with Crippen LogP contribution < -0.4 is 10.3 Å². The summed E-state index contributed by atoms with van der Waals surface area (Å²) in [5.41, 5.74) is 0.106. The predicted molar refractivity (Wildman–Crippen MR) is 84.6 cm³/mol. The van der Waals surface area contributed by atoms with Crippen LogP contribution in [0.5, 0.6) is 5.75 Å². The van der Waals surface area contributed by atoms with Crippen LogP contribution in [-0.4, -0.2) is 42.6 Å². The van der Waals surface area contributed by atoms with Gasteiger partial charge in [-0.3, -0.25) is 9.59 Å². The van der Waals surface area contributed by atoms with Crippen LogP contribution in [0.25, 0.3) is 0 Å². The van der Waals surface area contributed by atoms with Crippen molar-refractivity contribution in [1.29, 1.82) is 0 Å². The van der Waals surface area contributed by atoms with Crippen molar-refractivity contribution in [3.05, 3.63) is 63.8 Å². The van der Waals surface area contributed by atoms with Crippen LogP contribution in [0, 0.1) is 5.82 Å². The molecule has 1 aromatic heterocycles. The number of halogens is 1. The number of H-pyrrole nitrogens is 1. The van der Waals surface area contributed by atoms with Crippen molar-refractivity contribution in [3.8, 4) is 5.75 Å². The summed E-state index contributed by atoms with van der Waals surface area (Å²) in [5.74, 6) is -0.573. The molecule has 2 aromatic rings. The van der Waals surface area contributed by atoms with Gasteiger partial charge >= 0.3 is 0 Å². The van der Waals surface area contributed by atoms with Crippen molar-refractivity contribution < 1.29 is 18.7 Å². The lowest BCUT2D eigenvalue weighted by Crippen LogP contribution is -2.44. The first-order valence-electron chi connectivity index (χ1n) is 7.52. The number of amides is 1.